The average molecular weight is 299 g/mol. The highest BCUT2D eigenvalue weighted by molar-refractivity contribution is 6.00. The van der Waals surface area contributed by atoms with Gasteiger partial charge in [0.2, 0.25) is 17.8 Å². The minimum atomic E-state index is -0.684. The van der Waals surface area contributed by atoms with E-state index < -0.39 is 6.04 Å². The molecule has 2 N–H and O–H groups in total. The van der Waals surface area contributed by atoms with Gasteiger partial charge in [-0.2, -0.15) is 10.1 Å². The molecule has 1 aromatic carbocycles. The van der Waals surface area contributed by atoms with E-state index in [-0.39, 0.29) is 18.2 Å². The summed E-state index contributed by atoms with van der Waals surface area (Å²) < 4.78 is 1.43. The minimum Gasteiger partial charge on any atom is -0.324 e. The Labute approximate surface area is 127 Å². The normalized spacial score (nSPS) is 17.0. The molecule has 2 amide bonds. The van der Waals surface area contributed by atoms with Crippen LogP contribution in [0.15, 0.2) is 30.6 Å². The van der Waals surface area contributed by atoms with Crippen LogP contribution < -0.4 is 10.6 Å². The summed E-state index contributed by atoms with van der Waals surface area (Å²) in [4.78, 5) is 28.0. The molecule has 0 saturated carbocycles. The zero-order valence-electron chi connectivity index (χ0n) is 12.4. The summed E-state index contributed by atoms with van der Waals surface area (Å²) in [6.07, 6.45) is 1.37. The van der Waals surface area contributed by atoms with Gasteiger partial charge in [0, 0.05) is 5.69 Å². The van der Waals surface area contributed by atoms with Crippen molar-refractivity contribution in [3.63, 3.8) is 0 Å². The third-order valence-electron chi connectivity index (χ3n) is 3.65. The second-order valence-corrected chi connectivity index (χ2v) is 5.56. The highest BCUT2D eigenvalue weighted by atomic mass is 16.2. The molecule has 1 atom stereocenters. The highest BCUT2D eigenvalue weighted by Crippen LogP contribution is 2.23. The maximum atomic E-state index is 12.4. The number of anilines is 2. The van der Waals surface area contributed by atoms with Gasteiger partial charge < -0.3 is 5.32 Å². The zero-order valence-corrected chi connectivity index (χ0v) is 12.4. The van der Waals surface area contributed by atoms with Crippen LogP contribution in [0.4, 0.5) is 11.6 Å². The molecule has 0 bridgehead atoms. The van der Waals surface area contributed by atoms with Crippen LogP contribution in [0.3, 0.4) is 0 Å². The van der Waals surface area contributed by atoms with Crippen molar-refractivity contribution in [1.82, 2.24) is 14.8 Å². The lowest BCUT2D eigenvalue weighted by molar-refractivity contribution is -0.125. The van der Waals surface area contributed by atoms with Crippen molar-refractivity contribution in [3.8, 4) is 0 Å². The molecule has 7 nitrogen and oxygen atoms in total. The topological polar surface area (TPSA) is 88.9 Å². The van der Waals surface area contributed by atoms with Crippen LogP contribution in [-0.4, -0.2) is 26.6 Å². The second kappa shape index (κ2) is 5.59. The number of aromatic nitrogens is 3. The van der Waals surface area contributed by atoms with Crippen molar-refractivity contribution in [3.05, 3.63) is 36.2 Å². The fourth-order valence-electron chi connectivity index (χ4n) is 2.39. The lowest BCUT2D eigenvalue weighted by Gasteiger charge is -2.22. The molecule has 0 fully saturated rings. The van der Waals surface area contributed by atoms with Crippen LogP contribution in [0.5, 0.6) is 0 Å². The fourth-order valence-corrected chi connectivity index (χ4v) is 2.39. The summed E-state index contributed by atoms with van der Waals surface area (Å²) in [7, 11) is 0. The van der Waals surface area contributed by atoms with Crippen LogP contribution in [0, 0.1) is 0 Å². The van der Waals surface area contributed by atoms with Gasteiger partial charge in [0.15, 0.2) is 0 Å². The Morgan fingerprint density at radius 2 is 2.09 bits per heavy atom. The van der Waals surface area contributed by atoms with Crippen molar-refractivity contribution in [2.75, 3.05) is 10.6 Å². The molecule has 0 saturated heterocycles. The third-order valence-corrected chi connectivity index (χ3v) is 3.65. The molecular weight excluding hydrogens is 282 g/mol. The van der Waals surface area contributed by atoms with Crippen LogP contribution >= 0.6 is 0 Å². The summed E-state index contributed by atoms with van der Waals surface area (Å²) >= 11 is 0. The molecule has 22 heavy (non-hydrogen) atoms. The zero-order chi connectivity index (χ0) is 15.7. The molecular formula is C15H17N5O2. The summed E-state index contributed by atoms with van der Waals surface area (Å²) in [5.41, 5.74) is 1.90. The van der Waals surface area contributed by atoms with Gasteiger partial charge in [-0.15, -0.1) is 0 Å². The average Bonchev–Trinajstić information content (AvgIpc) is 2.94. The lowest BCUT2D eigenvalue weighted by atomic mass is 10.0. The first kappa shape index (κ1) is 14.2. The van der Waals surface area contributed by atoms with E-state index >= 15 is 0 Å². The molecule has 1 aromatic heterocycles. The first-order chi connectivity index (χ1) is 10.5. The van der Waals surface area contributed by atoms with Crippen LogP contribution in [0.1, 0.15) is 37.8 Å². The fraction of sp³-hybridized carbons (Fsp3) is 0.333. The molecule has 0 aliphatic carbocycles. The Balaban J connectivity index is 1.76. The number of carbonyl (C=O) groups is 2. The van der Waals surface area contributed by atoms with Gasteiger partial charge >= 0.3 is 0 Å². The smallest absolute Gasteiger partial charge is 0.249 e. The summed E-state index contributed by atoms with van der Waals surface area (Å²) in [5.74, 6) is 0.214. The number of rotatable bonds is 3. The van der Waals surface area contributed by atoms with Crippen molar-refractivity contribution < 1.29 is 9.59 Å². The van der Waals surface area contributed by atoms with Crippen molar-refractivity contribution >= 4 is 23.5 Å². The van der Waals surface area contributed by atoms with Gasteiger partial charge in [0.05, 0.1) is 6.42 Å². The Kier molecular flexibility index (Phi) is 3.62. The van der Waals surface area contributed by atoms with E-state index in [0.717, 1.165) is 0 Å². The summed E-state index contributed by atoms with van der Waals surface area (Å²) in [6.45, 7) is 4.22. The largest absolute Gasteiger partial charge is 0.324 e. The van der Waals surface area contributed by atoms with E-state index in [1.807, 2.05) is 24.3 Å². The molecule has 114 valence electrons. The van der Waals surface area contributed by atoms with Crippen LogP contribution in [0.2, 0.25) is 0 Å². The number of nitrogens with one attached hydrogen (secondary N) is 2. The number of benzene rings is 1. The number of hydrogen-bond donors (Lipinski definition) is 2. The first-order valence-corrected chi connectivity index (χ1v) is 7.15. The standard InChI is InChI=1S/C15H17N5O2/c1-9(2)10-3-5-11(6-4-10)18-14(22)12-7-13(21)19-15-16-8-17-20(12)15/h3-6,8-9,12H,7H2,1-2H3,(H,18,22)(H,16,17,19,21)/t12-/m0/s1. The Bertz CT molecular complexity index is 705. The molecule has 7 heteroatoms. The Morgan fingerprint density at radius 1 is 1.36 bits per heavy atom. The first-order valence-electron chi connectivity index (χ1n) is 7.15. The number of carbonyl (C=O) groups excluding carboxylic acids is 2. The van der Waals surface area contributed by atoms with E-state index in [4.69, 9.17) is 0 Å². The highest BCUT2D eigenvalue weighted by Gasteiger charge is 2.31. The van der Waals surface area contributed by atoms with E-state index in [0.29, 0.717) is 17.6 Å². The van der Waals surface area contributed by atoms with Crippen molar-refractivity contribution in [2.24, 2.45) is 0 Å². The maximum absolute atomic E-state index is 12.4. The lowest BCUT2D eigenvalue weighted by Crippen LogP contribution is -2.35. The summed E-state index contributed by atoms with van der Waals surface area (Å²) in [5, 5.41) is 9.40. The monoisotopic (exact) mass is 299 g/mol. The number of hydrogen-bond acceptors (Lipinski definition) is 4. The van der Waals surface area contributed by atoms with Gasteiger partial charge in [-0.1, -0.05) is 26.0 Å². The number of fused-ring (bicyclic) bond motifs is 1. The van der Waals surface area contributed by atoms with Crippen molar-refractivity contribution in [2.45, 2.75) is 32.2 Å². The Hall–Kier alpha value is -2.70. The third kappa shape index (κ3) is 2.69. The molecule has 1 aliphatic rings. The molecule has 0 spiro atoms. The molecule has 0 radical (unpaired) electrons. The Morgan fingerprint density at radius 3 is 2.77 bits per heavy atom. The molecule has 1 aliphatic heterocycles. The minimum absolute atomic E-state index is 0.0479. The predicted octanol–water partition coefficient (Wildman–Crippen LogP) is 1.92. The number of amides is 2. The SMILES string of the molecule is CC(C)c1ccc(NC(=O)[C@@H]2CC(=O)Nc3ncnn32)cc1. The van der Waals surface area contributed by atoms with Gasteiger partial charge in [0.25, 0.3) is 0 Å². The van der Waals surface area contributed by atoms with Crippen LogP contribution in [-0.2, 0) is 9.59 Å². The molecule has 2 heterocycles. The van der Waals surface area contributed by atoms with E-state index in [9.17, 15) is 9.59 Å². The van der Waals surface area contributed by atoms with Gasteiger partial charge in [0.1, 0.15) is 12.4 Å². The number of nitrogens with zero attached hydrogens (tertiary/aromatic N) is 3. The van der Waals surface area contributed by atoms with Gasteiger partial charge in [-0.25, -0.2) is 4.68 Å². The second-order valence-electron chi connectivity index (χ2n) is 5.56. The van der Waals surface area contributed by atoms with Crippen molar-refractivity contribution in [1.29, 1.82) is 0 Å². The summed E-state index contributed by atoms with van der Waals surface area (Å²) in [6, 6.07) is 7.00. The van der Waals surface area contributed by atoms with Gasteiger partial charge in [-0.05, 0) is 23.6 Å². The molecule has 3 rings (SSSR count). The van der Waals surface area contributed by atoms with E-state index in [2.05, 4.69) is 34.6 Å². The van der Waals surface area contributed by atoms with Crippen LogP contribution in [0.25, 0.3) is 0 Å². The molecule has 2 aromatic rings. The van der Waals surface area contributed by atoms with E-state index in [1.165, 1.54) is 16.6 Å². The predicted molar refractivity (Wildman–Crippen MR) is 81.5 cm³/mol. The maximum Gasteiger partial charge on any atom is 0.249 e. The van der Waals surface area contributed by atoms with E-state index in [1.54, 1.807) is 0 Å². The molecule has 0 unspecified atom stereocenters. The van der Waals surface area contributed by atoms with Gasteiger partial charge in [-0.3, -0.25) is 14.9 Å². The quantitative estimate of drug-likeness (QED) is 0.906.